The molecule has 5 unspecified atom stereocenters. The Balaban J connectivity index is 1.52. The highest BCUT2D eigenvalue weighted by Crippen LogP contribution is 2.50. The largest absolute Gasteiger partial charge is 0.311 e. The van der Waals surface area contributed by atoms with Gasteiger partial charge in [-0.05, 0) is 63.2 Å². The average Bonchev–Trinajstić information content (AvgIpc) is 2.79. The molecule has 3 rings (SSSR count). The van der Waals surface area contributed by atoms with Gasteiger partial charge >= 0.3 is 0 Å². The maximum Gasteiger partial charge on any atom is 0.00722 e. The molecule has 0 aromatic heterocycles. The second kappa shape index (κ2) is 4.08. The van der Waals surface area contributed by atoms with Crippen LogP contribution < -0.4 is 5.32 Å². The first-order valence-electron chi connectivity index (χ1n) is 7.07. The van der Waals surface area contributed by atoms with Gasteiger partial charge in [-0.2, -0.15) is 0 Å². The van der Waals surface area contributed by atoms with Gasteiger partial charge in [0.05, 0.1) is 0 Å². The van der Waals surface area contributed by atoms with Crippen molar-refractivity contribution in [3.63, 3.8) is 0 Å². The third kappa shape index (κ3) is 2.08. The normalized spacial score (nSPS) is 49.8. The molecule has 86 valence electrons. The van der Waals surface area contributed by atoms with Crippen molar-refractivity contribution in [2.75, 3.05) is 0 Å². The number of hydrogen-bond donors (Lipinski definition) is 1. The summed E-state index contributed by atoms with van der Waals surface area (Å²) in [5.41, 5.74) is 0. The molecule has 1 saturated heterocycles. The molecule has 15 heavy (non-hydrogen) atoms. The van der Waals surface area contributed by atoms with Gasteiger partial charge in [0.1, 0.15) is 0 Å². The number of rotatable bonds is 2. The first kappa shape index (κ1) is 10.1. The molecule has 1 aliphatic heterocycles. The van der Waals surface area contributed by atoms with Crippen molar-refractivity contribution < 1.29 is 0 Å². The van der Waals surface area contributed by atoms with E-state index in [0.717, 1.165) is 29.8 Å². The zero-order valence-corrected chi connectivity index (χ0v) is 10.0. The van der Waals surface area contributed by atoms with E-state index >= 15 is 0 Å². The van der Waals surface area contributed by atoms with Gasteiger partial charge in [-0.1, -0.05) is 12.8 Å². The third-order valence-corrected chi connectivity index (χ3v) is 5.18. The summed E-state index contributed by atoms with van der Waals surface area (Å²) in [6.07, 6.45) is 12.0. The van der Waals surface area contributed by atoms with Crippen LogP contribution in [0.2, 0.25) is 0 Å². The van der Waals surface area contributed by atoms with E-state index in [1.54, 1.807) is 25.7 Å². The number of nitrogens with one attached hydrogen (secondary N) is 1. The van der Waals surface area contributed by atoms with Crippen molar-refractivity contribution in [3.8, 4) is 0 Å². The Morgan fingerprint density at radius 2 is 2.00 bits per heavy atom. The highest BCUT2D eigenvalue weighted by Gasteiger charge is 2.40. The SMILES string of the molecule is CC1CCCC(CC2CC3CCC2C3)N1. The van der Waals surface area contributed by atoms with E-state index in [4.69, 9.17) is 0 Å². The fourth-order valence-electron chi connectivity index (χ4n) is 4.46. The molecule has 0 radical (unpaired) electrons. The van der Waals surface area contributed by atoms with Gasteiger partial charge in [-0.25, -0.2) is 0 Å². The van der Waals surface area contributed by atoms with E-state index in [9.17, 15) is 0 Å². The summed E-state index contributed by atoms with van der Waals surface area (Å²) in [7, 11) is 0. The fourth-order valence-corrected chi connectivity index (χ4v) is 4.46. The highest BCUT2D eigenvalue weighted by atomic mass is 15.0. The molecule has 0 spiro atoms. The molecule has 1 heteroatoms. The van der Waals surface area contributed by atoms with Crippen LogP contribution in [0.3, 0.4) is 0 Å². The second-order valence-electron chi connectivity index (χ2n) is 6.37. The predicted molar refractivity (Wildman–Crippen MR) is 63.8 cm³/mol. The summed E-state index contributed by atoms with van der Waals surface area (Å²) in [5, 5.41) is 3.80. The lowest BCUT2D eigenvalue weighted by Crippen LogP contribution is -2.41. The van der Waals surface area contributed by atoms with E-state index in [2.05, 4.69) is 12.2 Å². The van der Waals surface area contributed by atoms with Crippen molar-refractivity contribution >= 4 is 0 Å². The summed E-state index contributed by atoms with van der Waals surface area (Å²) in [5.74, 6) is 3.33. The summed E-state index contributed by atoms with van der Waals surface area (Å²) in [4.78, 5) is 0. The first-order chi connectivity index (χ1) is 7.31. The van der Waals surface area contributed by atoms with Gasteiger partial charge in [0.2, 0.25) is 0 Å². The van der Waals surface area contributed by atoms with Gasteiger partial charge in [0.25, 0.3) is 0 Å². The van der Waals surface area contributed by atoms with Crippen LogP contribution in [0, 0.1) is 17.8 Å². The van der Waals surface area contributed by atoms with E-state index < -0.39 is 0 Å². The molecule has 2 bridgehead atoms. The predicted octanol–water partition coefficient (Wildman–Crippen LogP) is 3.34. The molecule has 5 atom stereocenters. The maximum absolute atomic E-state index is 3.80. The van der Waals surface area contributed by atoms with E-state index in [-0.39, 0.29) is 0 Å². The lowest BCUT2D eigenvalue weighted by molar-refractivity contribution is 0.237. The Hall–Kier alpha value is -0.0400. The van der Waals surface area contributed by atoms with Crippen molar-refractivity contribution in [2.45, 2.75) is 70.4 Å². The maximum atomic E-state index is 3.80. The molecule has 3 aliphatic rings. The van der Waals surface area contributed by atoms with Gasteiger partial charge in [0.15, 0.2) is 0 Å². The summed E-state index contributed by atoms with van der Waals surface area (Å²) in [6, 6.07) is 1.64. The van der Waals surface area contributed by atoms with E-state index in [0.29, 0.717) is 0 Å². The number of piperidine rings is 1. The lowest BCUT2D eigenvalue weighted by Gasteiger charge is -2.33. The molecular weight excluding hydrogens is 182 g/mol. The van der Waals surface area contributed by atoms with Crippen molar-refractivity contribution in [1.82, 2.24) is 5.32 Å². The minimum atomic E-state index is 0.780. The monoisotopic (exact) mass is 207 g/mol. The third-order valence-electron chi connectivity index (χ3n) is 5.18. The second-order valence-corrected chi connectivity index (χ2v) is 6.37. The van der Waals surface area contributed by atoms with Gasteiger partial charge in [0, 0.05) is 12.1 Å². The van der Waals surface area contributed by atoms with E-state index in [1.165, 1.54) is 25.7 Å². The summed E-state index contributed by atoms with van der Waals surface area (Å²) in [6.45, 7) is 2.35. The van der Waals surface area contributed by atoms with Crippen molar-refractivity contribution in [2.24, 2.45) is 17.8 Å². The van der Waals surface area contributed by atoms with Gasteiger partial charge < -0.3 is 5.32 Å². The minimum Gasteiger partial charge on any atom is -0.311 e. The Morgan fingerprint density at radius 1 is 1.07 bits per heavy atom. The Bertz CT molecular complexity index is 225. The Kier molecular flexibility index (Phi) is 2.76. The molecule has 0 aromatic rings. The van der Waals surface area contributed by atoms with Crippen LogP contribution >= 0.6 is 0 Å². The van der Waals surface area contributed by atoms with Crippen LogP contribution in [0.5, 0.6) is 0 Å². The van der Waals surface area contributed by atoms with Crippen LogP contribution in [0.25, 0.3) is 0 Å². The van der Waals surface area contributed by atoms with Crippen molar-refractivity contribution in [3.05, 3.63) is 0 Å². The molecule has 1 N–H and O–H groups in total. The van der Waals surface area contributed by atoms with Crippen LogP contribution in [-0.2, 0) is 0 Å². The van der Waals surface area contributed by atoms with Crippen LogP contribution in [-0.4, -0.2) is 12.1 Å². The molecule has 2 saturated carbocycles. The highest BCUT2D eigenvalue weighted by molar-refractivity contribution is 4.92. The van der Waals surface area contributed by atoms with Crippen LogP contribution in [0.4, 0.5) is 0 Å². The topological polar surface area (TPSA) is 12.0 Å². The smallest absolute Gasteiger partial charge is 0.00722 e. The minimum absolute atomic E-state index is 0.780. The quantitative estimate of drug-likeness (QED) is 0.732. The standard InChI is InChI=1S/C14H25N/c1-10-3-2-4-14(15-10)9-13-8-11-5-6-12(13)7-11/h10-15H,2-9H2,1H3. The molecule has 0 aromatic carbocycles. The number of hydrogen-bond acceptors (Lipinski definition) is 1. The van der Waals surface area contributed by atoms with Crippen molar-refractivity contribution in [1.29, 1.82) is 0 Å². The Morgan fingerprint density at radius 3 is 2.67 bits per heavy atom. The average molecular weight is 207 g/mol. The van der Waals surface area contributed by atoms with Gasteiger partial charge in [-0.3, -0.25) is 0 Å². The van der Waals surface area contributed by atoms with Crippen LogP contribution in [0.15, 0.2) is 0 Å². The Labute approximate surface area is 94.0 Å². The van der Waals surface area contributed by atoms with Gasteiger partial charge in [-0.15, -0.1) is 0 Å². The van der Waals surface area contributed by atoms with E-state index in [1.807, 2.05) is 0 Å². The zero-order valence-electron chi connectivity index (χ0n) is 10.0. The number of fused-ring (bicyclic) bond motifs is 2. The fraction of sp³-hybridized carbons (Fsp3) is 1.00. The molecule has 1 nitrogen and oxygen atoms in total. The molecule has 3 fully saturated rings. The van der Waals surface area contributed by atoms with Crippen LogP contribution in [0.1, 0.15) is 58.3 Å². The molecule has 1 heterocycles. The lowest BCUT2D eigenvalue weighted by atomic mass is 9.82. The zero-order chi connectivity index (χ0) is 10.3. The summed E-state index contributed by atoms with van der Waals surface area (Å²) < 4.78 is 0. The molecule has 0 amide bonds. The first-order valence-corrected chi connectivity index (χ1v) is 7.07. The molecular formula is C14H25N. The summed E-state index contributed by atoms with van der Waals surface area (Å²) >= 11 is 0. The molecule has 2 aliphatic carbocycles.